The average Bonchev–Trinajstić information content (AvgIpc) is 2.03. The maximum atomic E-state index is 10.6. The second-order valence-electron chi connectivity index (χ2n) is 2.04. The first kappa shape index (κ1) is 12.6. The van der Waals surface area contributed by atoms with Gasteiger partial charge in [-0.2, -0.15) is 13.2 Å². The number of nitrogens with zero attached hydrogens (tertiary/aromatic N) is 2. The highest BCUT2D eigenvalue weighted by Crippen LogP contribution is 1.84. The van der Waals surface area contributed by atoms with Crippen LogP contribution in [0, 0.1) is 0 Å². The van der Waals surface area contributed by atoms with E-state index in [4.69, 9.17) is 10.1 Å². The molecule has 0 aliphatic carbocycles. The van der Waals surface area contributed by atoms with E-state index in [0.717, 1.165) is 0 Å². The highest BCUT2D eigenvalue weighted by Gasteiger charge is 2.25. The lowest BCUT2D eigenvalue weighted by Gasteiger charge is -2.00. The summed E-state index contributed by atoms with van der Waals surface area (Å²) in [7, 11) is -4.60. The summed E-state index contributed by atoms with van der Waals surface area (Å²) >= 11 is 0. The molecular formula is C5H9N3O5S. The van der Waals surface area contributed by atoms with E-state index in [0.29, 0.717) is 0 Å². The first-order valence-electron chi connectivity index (χ1n) is 3.50. The van der Waals surface area contributed by atoms with Crippen molar-refractivity contribution >= 4 is 21.3 Å². The Morgan fingerprint density at radius 2 is 2.21 bits per heavy atom. The number of amides is 1. The van der Waals surface area contributed by atoms with Crippen LogP contribution >= 0.6 is 0 Å². The van der Waals surface area contributed by atoms with Gasteiger partial charge in [-0.25, -0.2) is 4.79 Å². The van der Waals surface area contributed by atoms with E-state index in [-0.39, 0.29) is 6.61 Å². The summed E-state index contributed by atoms with van der Waals surface area (Å²) < 4.78 is 33.6. The molecule has 0 saturated heterocycles. The molecule has 9 heteroatoms. The van der Waals surface area contributed by atoms with Gasteiger partial charge in [0.05, 0.1) is 6.61 Å². The lowest BCUT2D eigenvalue weighted by molar-refractivity contribution is -0.00333. The van der Waals surface area contributed by atoms with Crippen LogP contribution in [0.4, 0.5) is 4.79 Å². The van der Waals surface area contributed by atoms with Crippen LogP contribution in [-0.4, -0.2) is 42.0 Å². The molecule has 0 bridgehead atoms. The minimum absolute atomic E-state index is 0.114. The van der Waals surface area contributed by atoms with Crippen molar-refractivity contribution in [2.45, 2.75) is 6.92 Å². The van der Waals surface area contributed by atoms with Gasteiger partial charge in [0.2, 0.25) is 0 Å². The van der Waals surface area contributed by atoms with Crippen LogP contribution < -0.4 is 5.32 Å². The van der Waals surface area contributed by atoms with E-state index in [9.17, 15) is 13.2 Å². The number of carbonyl (C=O) groups excluding carboxylic acids is 1. The second kappa shape index (κ2) is 5.32. The molecule has 0 saturated carbocycles. The van der Waals surface area contributed by atoms with Gasteiger partial charge in [0.1, 0.15) is 6.54 Å². The number of alkyl carbamates (subject to hydrolysis) is 1. The zero-order chi connectivity index (χ0) is 11.2. The lowest BCUT2D eigenvalue weighted by Crippen LogP contribution is -2.34. The molecule has 0 radical (unpaired) electrons. The lowest BCUT2D eigenvalue weighted by atomic mass is 10.7. The van der Waals surface area contributed by atoms with Crippen LogP contribution in [0.2, 0.25) is 0 Å². The van der Waals surface area contributed by atoms with E-state index in [2.05, 4.69) is 9.53 Å². The van der Waals surface area contributed by atoms with Crippen molar-refractivity contribution in [2.75, 3.05) is 13.2 Å². The molecule has 2 N–H and O–H groups in total. The molecule has 0 aromatic rings. The summed E-state index contributed by atoms with van der Waals surface area (Å²) in [5, 5.41) is 0.983. The third kappa shape index (κ3) is 4.55. The summed E-state index contributed by atoms with van der Waals surface area (Å²) in [6.07, 6.45) is -0.877. The highest BCUT2D eigenvalue weighted by molar-refractivity contribution is 8.01. The fourth-order valence-electron chi connectivity index (χ4n) is 0.508. The minimum Gasteiger partial charge on any atom is -0.450 e. The molecule has 0 heterocycles. The van der Waals surface area contributed by atoms with Gasteiger partial charge in [-0.05, 0) is 6.92 Å². The topological polar surface area (TPSA) is 129 Å². The largest absolute Gasteiger partial charge is 0.450 e. The number of hydrogen-bond acceptors (Lipinski definition) is 4. The molecule has 14 heavy (non-hydrogen) atoms. The summed E-state index contributed by atoms with van der Waals surface area (Å²) in [5.41, 5.74) is 8.16. The molecule has 0 aromatic heterocycles. The Bertz CT molecular complexity index is 356. The van der Waals surface area contributed by atoms with Crippen molar-refractivity contribution in [1.82, 2.24) is 5.32 Å². The van der Waals surface area contributed by atoms with Crippen molar-refractivity contribution in [3.63, 3.8) is 0 Å². The SMILES string of the molecule is CCOC(=O)NCC(=[N+]=[N-])S(=O)(=O)O. The molecular weight excluding hydrogens is 214 g/mol. The van der Waals surface area contributed by atoms with Crippen molar-refractivity contribution < 1.29 is 27.3 Å². The fraction of sp³-hybridized carbons (Fsp3) is 0.600. The summed E-state index contributed by atoms with van der Waals surface area (Å²) in [5.74, 6) is 0. The molecule has 0 rings (SSSR count). The van der Waals surface area contributed by atoms with Crippen molar-refractivity contribution in [3.8, 4) is 0 Å². The third-order valence-electron chi connectivity index (χ3n) is 1.07. The van der Waals surface area contributed by atoms with Gasteiger partial charge in [0.15, 0.2) is 0 Å². The standard InChI is InChI=1S/C5H9N3O5S/c1-2-13-5(9)7-3-4(8-6)14(10,11)12/h2-3H2,1H3,(H,7,9)(H,10,11,12). The van der Waals surface area contributed by atoms with Crippen LogP contribution in [0.5, 0.6) is 0 Å². The summed E-state index contributed by atoms with van der Waals surface area (Å²) in [4.78, 5) is 12.9. The monoisotopic (exact) mass is 223 g/mol. The molecule has 0 aromatic carbocycles. The number of hydrogen-bond donors (Lipinski definition) is 2. The second-order valence-corrected chi connectivity index (χ2v) is 3.46. The zero-order valence-electron chi connectivity index (χ0n) is 7.30. The van der Waals surface area contributed by atoms with E-state index in [1.807, 2.05) is 5.32 Å². The number of ether oxygens (including phenoxy) is 1. The van der Waals surface area contributed by atoms with E-state index < -0.39 is 27.8 Å². The van der Waals surface area contributed by atoms with E-state index in [1.165, 1.54) is 0 Å². The fourth-order valence-corrected chi connectivity index (χ4v) is 0.866. The van der Waals surface area contributed by atoms with Crippen LogP contribution in [0.3, 0.4) is 0 Å². The molecule has 0 atom stereocenters. The average molecular weight is 223 g/mol. The molecule has 8 nitrogen and oxygen atoms in total. The maximum absolute atomic E-state index is 10.6. The molecule has 0 spiro atoms. The Morgan fingerprint density at radius 3 is 2.57 bits per heavy atom. The van der Waals surface area contributed by atoms with E-state index >= 15 is 0 Å². The van der Waals surface area contributed by atoms with Crippen LogP contribution in [-0.2, 0) is 14.9 Å². The third-order valence-corrected chi connectivity index (χ3v) is 1.89. The van der Waals surface area contributed by atoms with Gasteiger partial charge in [-0.15, -0.1) is 0 Å². The Balaban J connectivity index is 4.27. The Hall–Kier alpha value is -1.44. The van der Waals surface area contributed by atoms with Gasteiger partial charge in [0, 0.05) is 0 Å². The quantitative estimate of drug-likeness (QED) is 0.214. The first-order chi connectivity index (χ1) is 6.41. The zero-order valence-corrected chi connectivity index (χ0v) is 8.11. The van der Waals surface area contributed by atoms with Gasteiger partial charge in [-0.1, -0.05) is 0 Å². The van der Waals surface area contributed by atoms with Crippen molar-refractivity contribution in [1.29, 1.82) is 0 Å². The molecule has 0 aliphatic heterocycles. The normalized spacial score (nSPS) is 10.1. The van der Waals surface area contributed by atoms with Crippen LogP contribution in [0.1, 0.15) is 6.92 Å². The van der Waals surface area contributed by atoms with Gasteiger partial charge in [0.25, 0.3) is 0 Å². The van der Waals surface area contributed by atoms with Crippen molar-refractivity contribution in [2.24, 2.45) is 0 Å². The Morgan fingerprint density at radius 1 is 1.64 bits per heavy atom. The smallest absolute Gasteiger partial charge is 0.426 e. The number of carbonyl (C=O) groups is 1. The van der Waals surface area contributed by atoms with Gasteiger partial charge < -0.3 is 15.6 Å². The molecule has 0 aliphatic rings. The van der Waals surface area contributed by atoms with E-state index in [1.54, 1.807) is 6.92 Å². The molecule has 80 valence electrons. The number of rotatable bonds is 3. The molecule has 1 amide bonds. The summed E-state index contributed by atoms with van der Waals surface area (Å²) in [6, 6.07) is 0. The van der Waals surface area contributed by atoms with Crippen molar-refractivity contribution in [3.05, 3.63) is 5.53 Å². The number of nitrogens with one attached hydrogen (secondary N) is 1. The van der Waals surface area contributed by atoms with Gasteiger partial charge in [-0.3, -0.25) is 4.55 Å². The highest BCUT2D eigenvalue weighted by atomic mass is 32.2. The van der Waals surface area contributed by atoms with Crippen LogP contribution in [0.15, 0.2) is 0 Å². The predicted octanol–water partition coefficient (Wildman–Crippen LogP) is -0.751. The minimum atomic E-state index is -4.60. The van der Waals surface area contributed by atoms with Crippen LogP contribution in [0.25, 0.3) is 5.53 Å². The first-order valence-corrected chi connectivity index (χ1v) is 4.94. The Kier molecular flexibility index (Phi) is 4.78. The summed E-state index contributed by atoms with van der Waals surface area (Å²) in [6.45, 7) is 1.03. The molecule has 0 unspecified atom stereocenters. The Labute approximate surface area is 80.2 Å². The predicted molar refractivity (Wildman–Crippen MR) is 45.2 cm³/mol. The van der Waals surface area contributed by atoms with Gasteiger partial charge >= 0.3 is 21.3 Å². The maximum Gasteiger partial charge on any atom is 0.426 e. The molecule has 0 fully saturated rings.